The molecule has 2 aromatic carbocycles. The van der Waals surface area contributed by atoms with Gasteiger partial charge < -0.3 is 5.32 Å². The molecule has 0 bridgehead atoms. The lowest BCUT2D eigenvalue weighted by Crippen LogP contribution is -2.03. The minimum atomic E-state index is 0.739. The molecule has 1 nitrogen and oxygen atoms in total. The van der Waals surface area contributed by atoms with E-state index in [0.717, 1.165) is 34.6 Å². The average molecular weight is 325 g/mol. The van der Waals surface area contributed by atoms with Gasteiger partial charge >= 0.3 is 0 Å². The molecule has 0 aliphatic carbocycles. The van der Waals surface area contributed by atoms with Crippen LogP contribution >= 0.6 is 27.5 Å². The molecular formula is C15H15BrClN. The van der Waals surface area contributed by atoms with Crippen molar-refractivity contribution in [3.05, 3.63) is 63.6 Å². The van der Waals surface area contributed by atoms with Crippen LogP contribution in [0.5, 0.6) is 0 Å². The van der Waals surface area contributed by atoms with Gasteiger partial charge in [0, 0.05) is 12.2 Å². The van der Waals surface area contributed by atoms with Gasteiger partial charge in [0.2, 0.25) is 0 Å². The number of nitrogens with one attached hydrogen (secondary N) is 1. The summed E-state index contributed by atoms with van der Waals surface area (Å²) in [5.41, 5.74) is 2.43. The third-order valence-corrected chi connectivity index (χ3v) is 4.15. The Balaban J connectivity index is 1.81. The second-order valence-corrected chi connectivity index (χ2v) is 5.32. The van der Waals surface area contributed by atoms with Crippen LogP contribution in [-0.2, 0) is 6.42 Å². The standard InChI is InChI=1S/C15H15BrClN/c16-15-13(17)9-4-10-14(15)18-11-5-8-12-6-2-1-3-7-12/h1-4,6-7,9-10,18H,5,8,11H2. The molecule has 0 atom stereocenters. The maximum absolute atomic E-state index is 6.04. The zero-order chi connectivity index (χ0) is 12.8. The van der Waals surface area contributed by atoms with Crippen molar-refractivity contribution in [2.75, 3.05) is 11.9 Å². The van der Waals surface area contributed by atoms with Crippen molar-refractivity contribution in [2.24, 2.45) is 0 Å². The summed E-state index contributed by atoms with van der Waals surface area (Å²) in [7, 11) is 0. The smallest absolute Gasteiger partial charge is 0.0593 e. The van der Waals surface area contributed by atoms with Gasteiger partial charge in [0.25, 0.3) is 0 Å². The van der Waals surface area contributed by atoms with Crippen LogP contribution in [0.2, 0.25) is 5.02 Å². The molecule has 0 radical (unpaired) electrons. The van der Waals surface area contributed by atoms with E-state index in [1.165, 1.54) is 5.56 Å². The SMILES string of the molecule is Clc1cccc(NCCCc2ccccc2)c1Br. The molecule has 94 valence electrons. The molecule has 0 saturated heterocycles. The molecule has 0 saturated carbocycles. The van der Waals surface area contributed by atoms with Crippen molar-refractivity contribution < 1.29 is 0 Å². The van der Waals surface area contributed by atoms with E-state index < -0.39 is 0 Å². The fourth-order valence-electron chi connectivity index (χ4n) is 1.80. The molecule has 0 spiro atoms. The quantitative estimate of drug-likeness (QED) is 0.750. The monoisotopic (exact) mass is 323 g/mol. The summed E-state index contributed by atoms with van der Waals surface area (Å²) in [4.78, 5) is 0. The lowest BCUT2D eigenvalue weighted by atomic mass is 10.1. The first-order valence-electron chi connectivity index (χ1n) is 5.99. The van der Waals surface area contributed by atoms with Crippen molar-refractivity contribution in [1.82, 2.24) is 0 Å². The van der Waals surface area contributed by atoms with Gasteiger partial charge in [-0.3, -0.25) is 0 Å². The van der Waals surface area contributed by atoms with Crippen molar-refractivity contribution in [3.8, 4) is 0 Å². The highest BCUT2D eigenvalue weighted by molar-refractivity contribution is 9.10. The molecular weight excluding hydrogens is 310 g/mol. The first kappa shape index (κ1) is 13.4. The minimum Gasteiger partial charge on any atom is -0.384 e. The second-order valence-electron chi connectivity index (χ2n) is 4.12. The second kappa shape index (κ2) is 6.81. The Hall–Kier alpha value is -0.990. The minimum absolute atomic E-state index is 0.739. The van der Waals surface area contributed by atoms with Crippen molar-refractivity contribution >= 4 is 33.2 Å². The van der Waals surface area contributed by atoms with E-state index in [1.54, 1.807) is 0 Å². The van der Waals surface area contributed by atoms with Gasteiger partial charge in [-0.1, -0.05) is 48.0 Å². The van der Waals surface area contributed by atoms with E-state index in [2.05, 4.69) is 45.5 Å². The fraction of sp³-hybridized carbons (Fsp3) is 0.200. The Morgan fingerprint density at radius 1 is 1.00 bits per heavy atom. The van der Waals surface area contributed by atoms with Gasteiger partial charge in [-0.2, -0.15) is 0 Å². The number of hydrogen-bond donors (Lipinski definition) is 1. The Morgan fingerprint density at radius 3 is 2.56 bits per heavy atom. The molecule has 3 heteroatoms. The largest absolute Gasteiger partial charge is 0.384 e. The molecule has 2 rings (SSSR count). The fourth-order valence-corrected chi connectivity index (χ4v) is 2.38. The van der Waals surface area contributed by atoms with Crippen LogP contribution in [0.25, 0.3) is 0 Å². The maximum Gasteiger partial charge on any atom is 0.0593 e. The normalized spacial score (nSPS) is 10.3. The lowest BCUT2D eigenvalue weighted by molar-refractivity contribution is 0.862. The summed E-state index contributed by atoms with van der Waals surface area (Å²) in [5.74, 6) is 0. The third-order valence-electron chi connectivity index (χ3n) is 2.75. The van der Waals surface area contributed by atoms with E-state index in [1.807, 2.05) is 24.3 Å². The number of halogens is 2. The molecule has 0 heterocycles. The zero-order valence-electron chi connectivity index (χ0n) is 10.00. The number of aryl methyl sites for hydroxylation is 1. The molecule has 0 aliphatic heterocycles. The highest BCUT2D eigenvalue weighted by atomic mass is 79.9. The summed E-state index contributed by atoms with van der Waals surface area (Å²) in [5, 5.41) is 4.13. The van der Waals surface area contributed by atoms with Crippen molar-refractivity contribution in [3.63, 3.8) is 0 Å². The van der Waals surface area contributed by atoms with Crippen LogP contribution in [0.1, 0.15) is 12.0 Å². The van der Waals surface area contributed by atoms with Crippen LogP contribution in [0, 0.1) is 0 Å². The van der Waals surface area contributed by atoms with E-state index in [4.69, 9.17) is 11.6 Å². The van der Waals surface area contributed by atoms with Crippen molar-refractivity contribution in [2.45, 2.75) is 12.8 Å². The molecule has 18 heavy (non-hydrogen) atoms. The Morgan fingerprint density at radius 2 is 1.78 bits per heavy atom. The molecule has 0 fully saturated rings. The predicted octanol–water partition coefficient (Wildman–Crippen LogP) is 5.15. The topological polar surface area (TPSA) is 12.0 Å². The molecule has 0 aliphatic rings. The van der Waals surface area contributed by atoms with Crippen LogP contribution in [0.3, 0.4) is 0 Å². The van der Waals surface area contributed by atoms with Crippen LogP contribution in [0.15, 0.2) is 53.0 Å². The van der Waals surface area contributed by atoms with Crippen molar-refractivity contribution in [1.29, 1.82) is 0 Å². The molecule has 0 aromatic heterocycles. The summed E-state index contributed by atoms with van der Waals surface area (Å²) in [6.45, 7) is 0.938. The molecule has 2 aromatic rings. The van der Waals surface area contributed by atoms with E-state index in [0.29, 0.717) is 0 Å². The zero-order valence-corrected chi connectivity index (χ0v) is 12.3. The van der Waals surface area contributed by atoms with Gasteiger partial charge in [0.15, 0.2) is 0 Å². The number of benzene rings is 2. The van der Waals surface area contributed by atoms with E-state index >= 15 is 0 Å². The van der Waals surface area contributed by atoms with Crippen LogP contribution < -0.4 is 5.32 Å². The number of anilines is 1. The summed E-state index contributed by atoms with van der Waals surface area (Å²) in [6.07, 6.45) is 2.19. The van der Waals surface area contributed by atoms with Gasteiger partial charge in [-0.05, 0) is 46.5 Å². The summed E-state index contributed by atoms with van der Waals surface area (Å²) >= 11 is 9.52. The van der Waals surface area contributed by atoms with Crippen LogP contribution in [-0.4, -0.2) is 6.54 Å². The highest BCUT2D eigenvalue weighted by Gasteiger charge is 2.02. The third kappa shape index (κ3) is 3.76. The van der Waals surface area contributed by atoms with Gasteiger partial charge in [0.1, 0.15) is 0 Å². The lowest BCUT2D eigenvalue weighted by Gasteiger charge is -2.09. The highest BCUT2D eigenvalue weighted by Crippen LogP contribution is 2.29. The first-order chi connectivity index (χ1) is 8.77. The van der Waals surface area contributed by atoms with Gasteiger partial charge in [0.05, 0.1) is 9.50 Å². The average Bonchev–Trinajstić information content (AvgIpc) is 2.40. The van der Waals surface area contributed by atoms with E-state index in [9.17, 15) is 0 Å². The first-order valence-corrected chi connectivity index (χ1v) is 7.16. The van der Waals surface area contributed by atoms with E-state index in [-0.39, 0.29) is 0 Å². The molecule has 1 N–H and O–H groups in total. The Labute approximate surface area is 121 Å². The number of rotatable bonds is 5. The summed E-state index contributed by atoms with van der Waals surface area (Å²) in [6, 6.07) is 16.4. The Kier molecular flexibility index (Phi) is 5.09. The number of hydrogen-bond acceptors (Lipinski definition) is 1. The van der Waals surface area contributed by atoms with Gasteiger partial charge in [-0.25, -0.2) is 0 Å². The molecule has 0 unspecified atom stereocenters. The van der Waals surface area contributed by atoms with Gasteiger partial charge in [-0.15, -0.1) is 0 Å². The van der Waals surface area contributed by atoms with Crippen LogP contribution in [0.4, 0.5) is 5.69 Å². The Bertz CT molecular complexity index is 499. The predicted molar refractivity (Wildman–Crippen MR) is 82.4 cm³/mol. The maximum atomic E-state index is 6.04. The summed E-state index contributed by atoms with van der Waals surface area (Å²) < 4.78 is 0.936. The molecule has 0 amide bonds.